The van der Waals surface area contributed by atoms with Crippen LogP contribution in [-0.2, 0) is 9.53 Å². The molecule has 128 valence electrons. The molecule has 2 N–H and O–H groups in total. The van der Waals surface area contributed by atoms with E-state index in [1.54, 1.807) is 24.3 Å². The predicted molar refractivity (Wildman–Crippen MR) is 103 cm³/mol. The number of carbonyl (C=O) groups excluding carboxylic acids is 1. The number of methoxy groups -OCH3 is 1. The van der Waals surface area contributed by atoms with Crippen LogP contribution in [0.15, 0.2) is 54.1 Å². The second-order valence-electron chi connectivity index (χ2n) is 5.37. The second kappa shape index (κ2) is 7.44. The predicted octanol–water partition coefficient (Wildman–Crippen LogP) is 4.10. The molecule has 25 heavy (non-hydrogen) atoms. The summed E-state index contributed by atoms with van der Waals surface area (Å²) in [6.45, 7) is 0. The van der Waals surface area contributed by atoms with Crippen molar-refractivity contribution < 1.29 is 9.53 Å². The molecule has 2 aromatic rings. The van der Waals surface area contributed by atoms with E-state index in [1.165, 1.54) is 7.11 Å². The Hall–Kier alpha value is -2.08. The fraction of sp³-hybridized carbons (Fsp3) is 0.111. The largest absolute Gasteiger partial charge is 0.466 e. The van der Waals surface area contributed by atoms with E-state index in [-0.39, 0.29) is 0 Å². The molecule has 0 saturated heterocycles. The zero-order valence-corrected chi connectivity index (χ0v) is 15.5. The summed E-state index contributed by atoms with van der Waals surface area (Å²) < 4.78 is 5.00. The van der Waals surface area contributed by atoms with E-state index in [0.29, 0.717) is 26.4 Å². The number of carbonyl (C=O) groups is 1. The van der Waals surface area contributed by atoms with Crippen LogP contribution in [-0.4, -0.2) is 18.2 Å². The Morgan fingerprint density at radius 2 is 1.60 bits per heavy atom. The molecule has 0 saturated carbocycles. The highest BCUT2D eigenvalue weighted by molar-refractivity contribution is 7.80. The number of rotatable bonds is 3. The van der Waals surface area contributed by atoms with Crippen molar-refractivity contribution >= 4 is 52.2 Å². The minimum Gasteiger partial charge on any atom is -0.466 e. The summed E-state index contributed by atoms with van der Waals surface area (Å²) in [5, 5.41) is 7.81. The Labute approximate surface area is 160 Å². The molecule has 1 atom stereocenters. The van der Waals surface area contributed by atoms with Crippen molar-refractivity contribution in [1.82, 2.24) is 10.6 Å². The Kier molecular flexibility index (Phi) is 5.27. The molecule has 1 heterocycles. The molecule has 0 bridgehead atoms. The molecular formula is C18H14Cl2N2O2S. The standard InChI is InChI=1S/C18H14Cl2N2O2S/c1-24-17(23)14-15(10-2-6-12(19)7-3-10)21-18(25)22-16(14)11-4-8-13(20)9-5-11/h2-9,15H,1H3,(H2,21,22,25)/t15-/m0/s1. The summed E-state index contributed by atoms with van der Waals surface area (Å²) >= 11 is 17.3. The molecule has 0 radical (unpaired) electrons. The van der Waals surface area contributed by atoms with Gasteiger partial charge in [0.15, 0.2) is 5.11 Å². The number of benzene rings is 2. The van der Waals surface area contributed by atoms with Crippen LogP contribution in [0.1, 0.15) is 17.2 Å². The number of thiocarbonyl (C=S) groups is 1. The number of nitrogens with one attached hydrogen (secondary N) is 2. The van der Waals surface area contributed by atoms with Gasteiger partial charge >= 0.3 is 5.97 Å². The molecule has 1 aliphatic heterocycles. The first-order valence-corrected chi connectivity index (χ1v) is 8.57. The van der Waals surface area contributed by atoms with Gasteiger partial charge in [0, 0.05) is 10.0 Å². The summed E-state index contributed by atoms with van der Waals surface area (Å²) in [5.41, 5.74) is 2.65. The highest BCUT2D eigenvalue weighted by atomic mass is 35.5. The lowest BCUT2D eigenvalue weighted by molar-refractivity contribution is -0.136. The normalized spacial score (nSPS) is 16.9. The van der Waals surface area contributed by atoms with Crippen molar-refractivity contribution in [3.05, 3.63) is 75.3 Å². The lowest BCUT2D eigenvalue weighted by atomic mass is 9.93. The maximum atomic E-state index is 12.5. The van der Waals surface area contributed by atoms with Gasteiger partial charge in [-0.1, -0.05) is 47.5 Å². The lowest BCUT2D eigenvalue weighted by Crippen LogP contribution is -2.45. The maximum absolute atomic E-state index is 12.5. The summed E-state index contributed by atoms with van der Waals surface area (Å²) in [5.74, 6) is -0.451. The van der Waals surface area contributed by atoms with E-state index < -0.39 is 12.0 Å². The third-order valence-corrected chi connectivity index (χ3v) is 4.54. The molecule has 0 unspecified atom stereocenters. The molecule has 7 heteroatoms. The average molecular weight is 393 g/mol. The Morgan fingerprint density at radius 1 is 1.04 bits per heavy atom. The summed E-state index contributed by atoms with van der Waals surface area (Å²) in [6.07, 6.45) is 0. The van der Waals surface area contributed by atoms with Crippen molar-refractivity contribution in [1.29, 1.82) is 0 Å². The number of hydrogen-bond acceptors (Lipinski definition) is 3. The van der Waals surface area contributed by atoms with Crippen LogP contribution in [0.25, 0.3) is 5.70 Å². The van der Waals surface area contributed by atoms with Crippen LogP contribution in [0, 0.1) is 0 Å². The third-order valence-electron chi connectivity index (χ3n) is 3.81. The molecule has 2 aromatic carbocycles. The molecule has 0 aliphatic carbocycles. The number of ether oxygens (including phenoxy) is 1. The number of hydrogen-bond donors (Lipinski definition) is 2. The van der Waals surface area contributed by atoms with Gasteiger partial charge in [0.1, 0.15) is 0 Å². The van der Waals surface area contributed by atoms with Crippen LogP contribution in [0.2, 0.25) is 10.0 Å². The van der Waals surface area contributed by atoms with Crippen molar-refractivity contribution in [2.45, 2.75) is 6.04 Å². The molecular weight excluding hydrogens is 379 g/mol. The van der Waals surface area contributed by atoms with Gasteiger partial charge in [-0.15, -0.1) is 0 Å². The van der Waals surface area contributed by atoms with E-state index >= 15 is 0 Å². The molecule has 0 aromatic heterocycles. The van der Waals surface area contributed by atoms with Gasteiger partial charge in [0.2, 0.25) is 0 Å². The minimum atomic E-state index is -0.454. The first kappa shape index (κ1) is 17.7. The second-order valence-corrected chi connectivity index (χ2v) is 6.65. The molecule has 0 amide bonds. The summed E-state index contributed by atoms with van der Waals surface area (Å²) in [6, 6.07) is 13.9. The lowest BCUT2D eigenvalue weighted by Gasteiger charge is -2.31. The fourth-order valence-electron chi connectivity index (χ4n) is 2.64. The number of esters is 1. The Balaban J connectivity index is 2.17. The monoisotopic (exact) mass is 392 g/mol. The highest BCUT2D eigenvalue weighted by Gasteiger charge is 2.32. The van der Waals surface area contributed by atoms with E-state index in [0.717, 1.165) is 11.1 Å². The zero-order chi connectivity index (χ0) is 18.0. The van der Waals surface area contributed by atoms with E-state index in [2.05, 4.69) is 10.6 Å². The van der Waals surface area contributed by atoms with Crippen LogP contribution in [0.3, 0.4) is 0 Å². The van der Waals surface area contributed by atoms with Gasteiger partial charge in [-0.2, -0.15) is 0 Å². The first-order chi connectivity index (χ1) is 12.0. The van der Waals surface area contributed by atoms with Gasteiger partial charge in [0.05, 0.1) is 24.4 Å². The Morgan fingerprint density at radius 3 is 2.16 bits per heavy atom. The van der Waals surface area contributed by atoms with E-state index in [4.69, 9.17) is 40.2 Å². The fourth-order valence-corrected chi connectivity index (χ4v) is 3.12. The zero-order valence-electron chi connectivity index (χ0n) is 13.2. The van der Waals surface area contributed by atoms with E-state index in [1.807, 2.05) is 24.3 Å². The van der Waals surface area contributed by atoms with Crippen LogP contribution >= 0.6 is 35.4 Å². The molecule has 0 fully saturated rings. The third kappa shape index (κ3) is 3.79. The van der Waals surface area contributed by atoms with Crippen LogP contribution in [0.4, 0.5) is 0 Å². The van der Waals surface area contributed by atoms with Crippen molar-refractivity contribution in [2.75, 3.05) is 7.11 Å². The van der Waals surface area contributed by atoms with Gasteiger partial charge in [-0.25, -0.2) is 4.79 Å². The quantitative estimate of drug-likeness (QED) is 0.608. The van der Waals surface area contributed by atoms with Gasteiger partial charge < -0.3 is 15.4 Å². The van der Waals surface area contributed by atoms with Crippen LogP contribution in [0.5, 0.6) is 0 Å². The smallest absolute Gasteiger partial charge is 0.338 e. The van der Waals surface area contributed by atoms with Crippen molar-refractivity contribution in [3.63, 3.8) is 0 Å². The SMILES string of the molecule is COC(=O)C1=C(c2ccc(Cl)cc2)NC(=S)N[C@H]1c1ccc(Cl)cc1. The molecule has 3 rings (SSSR count). The molecule has 4 nitrogen and oxygen atoms in total. The maximum Gasteiger partial charge on any atom is 0.338 e. The highest BCUT2D eigenvalue weighted by Crippen LogP contribution is 2.32. The van der Waals surface area contributed by atoms with Gasteiger partial charge in [0.25, 0.3) is 0 Å². The summed E-state index contributed by atoms with van der Waals surface area (Å²) in [7, 11) is 1.35. The average Bonchev–Trinajstić information content (AvgIpc) is 2.61. The van der Waals surface area contributed by atoms with E-state index in [9.17, 15) is 4.79 Å². The van der Waals surface area contributed by atoms with Gasteiger partial charge in [-0.3, -0.25) is 0 Å². The molecule has 1 aliphatic rings. The number of halogens is 2. The van der Waals surface area contributed by atoms with Crippen molar-refractivity contribution in [2.24, 2.45) is 0 Å². The Bertz CT molecular complexity index is 848. The molecule has 0 spiro atoms. The van der Waals surface area contributed by atoms with Crippen LogP contribution < -0.4 is 10.6 Å². The topological polar surface area (TPSA) is 50.4 Å². The minimum absolute atomic E-state index is 0.414. The van der Waals surface area contributed by atoms with Gasteiger partial charge in [-0.05, 0) is 47.6 Å². The summed E-state index contributed by atoms with van der Waals surface area (Å²) in [4.78, 5) is 12.5. The van der Waals surface area contributed by atoms with Crippen molar-refractivity contribution in [3.8, 4) is 0 Å². The first-order valence-electron chi connectivity index (χ1n) is 7.41.